The first-order valence-electron chi connectivity index (χ1n) is 4.43. The molecule has 0 N–H and O–H groups in total. The molecule has 0 spiro atoms. The molecule has 76 valence electrons. The summed E-state index contributed by atoms with van der Waals surface area (Å²) in [5.74, 6) is 0. The summed E-state index contributed by atoms with van der Waals surface area (Å²) in [6, 6.07) is 16.7. The Bertz CT molecular complexity index is 391. The van der Waals surface area contributed by atoms with Gasteiger partial charge in [0.15, 0.2) is 0 Å². The van der Waals surface area contributed by atoms with E-state index in [1.54, 1.807) is 11.8 Å². The molecule has 2 aromatic carbocycles. The Hall–Kier alpha value is -0.250. The van der Waals surface area contributed by atoms with Gasteiger partial charge < -0.3 is 0 Å². The van der Waals surface area contributed by atoms with Crippen LogP contribution in [0.2, 0.25) is 0 Å². The van der Waals surface area contributed by atoms with E-state index in [-0.39, 0.29) is 0 Å². The van der Waals surface area contributed by atoms with Crippen LogP contribution in [0, 0.1) is 0 Å². The summed E-state index contributed by atoms with van der Waals surface area (Å²) in [6.07, 6.45) is 0. The predicted molar refractivity (Wildman–Crippen MR) is 72.4 cm³/mol. The van der Waals surface area contributed by atoms with E-state index in [1.165, 1.54) is 9.79 Å². The molecule has 0 atom stereocenters. The van der Waals surface area contributed by atoms with E-state index >= 15 is 0 Å². The molecule has 0 aromatic heterocycles. The molecule has 0 heterocycles. The second kappa shape index (κ2) is 5.19. The minimum Gasteiger partial charge on any atom is -0.0901 e. The van der Waals surface area contributed by atoms with Gasteiger partial charge in [-0.3, -0.25) is 0 Å². The molecule has 15 heavy (non-hydrogen) atoms. The fourth-order valence-corrected chi connectivity index (χ4v) is 2.49. The lowest BCUT2D eigenvalue weighted by atomic mass is 10.4. The van der Waals surface area contributed by atoms with E-state index < -0.39 is 0 Å². The lowest BCUT2D eigenvalue weighted by molar-refractivity contribution is 1.39. The molecule has 0 amide bonds. The maximum atomic E-state index is 3.42. The molecule has 0 aliphatic heterocycles. The zero-order chi connectivity index (χ0) is 10.7. The number of hydrogen-bond donors (Lipinski definition) is 0. The van der Waals surface area contributed by atoms with Crippen molar-refractivity contribution in [3.8, 4) is 0 Å². The van der Waals surface area contributed by atoms with Crippen LogP contribution in [0.25, 0.3) is 0 Å². The molecule has 0 saturated heterocycles. The van der Waals surface area contributed by atoms with Crippen molar-refractivity contribution in [1.82, 2.24) is 0 Å². The van der Waals surface area contributed by atoms with Gasteiger partial charge in [-0.1, -0.05) is 43.6 Å². The second-order valence-electron chi connectivity index (χ2n) is 3.01. The normalized spacial score (nSPS) is 10.3. The van der Waals surface area contributed by atoms with Crippen LogP contribution in [-0.4, -0.2) is 0 Å². The Morgan fingerprint density at radius 1 is 0.600 bits per heavy atom. The van der Waals surface area contributed by atoms with Crippen LogP contribution in [0.1, 0.15) is 0 Å². The molecule has 0 fully saturated rings. The van der Waals surface area contributed by atoms with Gasteiger partial charge in [0.25, 0.3) is 0 Å². The van der Waals surface area contributed by atoms with Crippen LogP contribution in [0.4, 0.5) is 0 Å². The summed E-state index contributed by atoms with van der Waals surface area (Å²) in [7, 11) is 0. The second-order valence-corrected chi connectivity index (χ2v) is 5.99. The van der Waals surface area contributed by atoms with Crippen LogP contribution in [-0.2, 0) is 0 Å². The molecule has 3 heteroatoms. The van der Waals surface area contributed by atoms with Gasteiger partial charge in [0.1, 0.15) is 0 Å². The average molecular weight is 344 g/mol. The minimum atomic E-state index is 1.11. The first-order valence-corrected chi connectivity index (χ1v) is 6.83. The summed E-state index contributed by atoms with van der Waals surface area (Å²) < 4.78 is 2.23. The molecule has 0 nitrogen and oxygen atoms in total. The van der Waals surface area contributed by atoms with Gasteiger partial charge in [0.2, 0.25) is 0 Å². The summed E-state index contributed by atoms with van der Waals surface area (Å²) in [4.78, 5) is 2.50. The van der Waals surface area contributed by atoms with Gasteiger partial charge in [0, 0.05) is 18.7 Å². The Balaban J connectivity index is 2.15. The number of rotatable bonds is 2. The Kier molecular flexibility index (Phi) is 3.89. The maximum absolute atomic E-state index is 3.42. The molecule has 0 unspecified atom stereocenters. The van der Waals surface area contributed by atoms with Crippen molar-refractivity contribution < 1.29 is 0 Å². The van der Waals surface area contributed by atoms with Crippen molar-refractivity contribution >= 4 is 43.6 Å². The van der Waals surface area contributed by atoms with Crippen molar-refractivity contribution in [1.29, 1.82) is 0 Å². The highest BCUT2D eigenvalue weighted by molar-refractivity contribution is 9.10. The number of halogens is 2. The van der Waals surface area contributed by atoms with Crippen molar-refractivity contribution in [3.63, 3.8) is 0 Å². The fourth-order valence-electron chi connectivity index (χ4n) is 1.14. The maximum Gasteiger partial charge on any atom is 0.0176 e. The largest absolute Gasteiger partial charge is 0.0901 e. The highest BCUT2D eigenvalue weighted by atomic mass is 79.9. The summed E-state index contributed by atoms with van der Waals surface area (Å²) in [5, 5.41) is 0. The monoisotopic (exact) mass is 342 g/mol. The third-order valence-corrected chi connectivity index (χ3v) is 3.94. The smallest absolute Gasteiger partial charge is 0.0176 e. The topological polar surface area (TPSA) is 0 Å². The molecule has 2 aromatic rings. The summed E-state index contributed by atoms with van der Waals surface area (Å²) in [5.41, 5.74) is 0. The first-order chi connectivity index (χ1) is 7.24. The van der Waals surface area contributed by atoms with Gasteiger partial charge in [0.05, 0.1) is 0 Å². The minimum absolute atomic E-state index is 1.11. The van der Waals surface area contributed by atoms with Gasteiger partial charge in [-0.15, -0.1) is 0 Å². The van der Waals surface area contributed by atoms with Crippen LogP contribution >= 0.6 is 43.6 Å². The zero-order valence-corrected chi connectivity index (χ0v) is 11.8. The quantitative estimate of drug-likeness (QED) is 0.707. The lowest BCUT2D eigenvalue weighted by Crippen LogP contribution is -1.73. The fraction of sp³-hybridized carbons (Fsp3) is 0. The Morgan fingerprint density at radius 3 is 1.27 bits per heavy atom. The van der Waals surface area contributed by atoms with E-state index in [0.29, 0.717) is 0 Å². The Labute approximate surface area is 110 Å². The SMILES string of the molecule is Brc1ccc(Sc2ccc(Br)cc2)cc1. The van der Waals surface area contributed by atoms with Gasteiger partial charge in [-0.05, 0) is 48.5 Å². The van der Waals surface area contributed by atoms with Gasteiger partial charge in [-0.25, -0.2) is 0 Å². The third-order valence-electron chi connectivity index (χ3n) is 1.86. The van der Waals surface area contributed by atoms with E-state index in [9.17, 15) is 0 Å². The molecule has 2 rings (SSSR count). The molecular weight excluding hydrogens is 336 g/mol. The third kappa shape index (κ3) is 3.37. The standard InChI is InChI=1S/C12H8Br2S/c13-9-1-5-11(6-2-9)15-12-7-3-10(14)4-8-12/h1-8H. The molecule has 0 radical (unpaired) electrons. The highest BCUT2D eigenvalue weighted by Crippen LogP contribution is 2.29. The molecule has 0 bridgehead atoms. The van der Waals surface area contributed by atoms with E-state index in [4.69, 9.17) is 0 Å². The van der Waals surface area contributed by atoms with Crippen molar-refractivity contribution in [2.75, 3.05) is 0 Å². The number of benzene rings is 2. The Morgan fingerprint density at radius 2 is 0.933 bits per heavy atom. The molecule has 0 aliphatic rings. The lowest BCUT2D eigenvalue weighted by Gasteiger charge is -2.01. The van der Waals surface area contributed by atoms with E-state index in [2.05, 4.69) is 80.4 Å². The molecular formula is C12H8Br2S. The van der Waals surface area contributed by atoms with E-state index in [0.717, 1.165) is 8.95 Å². The molecule has 0 aliphatic carbocycles. The van der Waals surface area contributed by atoms with Crippen LogP contribution in [0.5, 0.6) is 0 Å². The van der Waals surface area contributed by atoms with Gasteiger partial charge >= 0.3 is 0 Å². The number of hydrogen-bond acceptors (Lipinski definition) is 1. The van der Waals surface area contributed by atoms with Crippen LogP contribution in [0.3, 0.4) is 0 Å². The van der Waals surface area contributed by atoms with Crippen LogP contribution < -0.4 is 0 Å². The van der Waals surface area contributed by atoms with Crippen molar-refractivity contribution in [2.45, 2.75) is 9.79 Å². The highest BCUT2D eigenvalue weighted by Gasteiger charge is 1.96. The predicted octanol–water partition coefficient (Wildman–Crippen LogP) is 5.36. The zero-order valence-electron chi connectivity index (χ0n) is 7.78. The first kappa shape index (κ1) is 11.2. The van der Waals surface area contributed by atoms with Crippen molar-refractivity contribution in [3.05, 3.63) is 57.5 Å². The van der Waals surface area contributed by atoms with Crippen molar-refractivity contribution in [2.24, 2.45) is 0 Å². The van der Waals surface area contributed by atoms with Gasteiger partial charge in [-0.2, -0.15) is 0 Å². The molecule has 0 saturated carbocycles. The summed E-state index contributed by atoms with van der Waals surface area (Å²) in [6.45, 7) is 0. The summed E-state index contributed by atoms with van der Waals surface area (Å²) >= 11 is 8.61. The van der Waals surface area contributed by atoms with E-state index in [1.807, 2.05) is 0 Å². The average Bonchev–Trinajstić information content (AvgIpc) is 2.25. The van der Waals surface area contributed by atoms with Crippen LogP contribution in [0.15, 0.2) is 67.3 Å².